The molecule has 1 N–H and O–H groups in total. The van der Waals surface area contributed by atoms with E-state index >= 15 is 0 Å². The fourth-order valence-electron chi connectivity index (χ4n) is 3.35. The van der Waals surface area contributed by atoms with E-state index in [-0.39, 0.29) is 0 Å². The summed E-state index contributed by atoms with van der Waals surface area (Å²) in [5, 5.41) is 13.8. The quantitative estimate of drug-likeness (QED) is 0.873. The summed E-state index contributed by atoms with van der Waals surface area (Å²) in [6.07, 6.45) is 7.05. The molecule has 19 heavy (non-hydrogen) atoms. The molecular formula is C16H19ClN2. The first-order chi connectivity index (χ1) is 9.22. The zero-order valence-electron chi connectivity index (χ0n) is 11.0. The number of rotatable bonds is 3. The van der Waals surface area contributed by atoms with Gasteiger partial charge in [0.2, 0.25) is 0 Å². The van der Waals surface area contributed by atoms with Gasteiger partial charge in [0.05, 0.1) is 16.8 Å². The van der Waals surface area contributed by atoms with Crippen molar-refractivity contribution in [2.45, 2.75) is 44.1 Å². The molecular weight excluding hydrogens is 256 g/mol. The second-order valence-electron chi connectivity index (χ2n) is 5.99. The lowest BCUT2D eigenvalue weighted by molar-refractivity contribution is 0.263. The van der Waals surface area contributed by atoms with Crippen LogP contribution in [0.1, 0.15) is 38.5 Å². The van der Waals surface area contributed by atoms with E-state index in [0.717, 1.165) is 36.8 Å². The van der Waals surface area contributed by atoms with Crippen molar-refractivity contribution in [3.05, 3.63) is 29.3 Å². The fourth-order valence-corrected chi connectivity index (χ4v) is 3.53. The van der Waals surface area contributed by atoms with Crippen molar-refractivity contribution in [1.29, 1.82) is 5.26 Å². The lowest BCUT2D eigenvalue weighted by atomic mass is 9.74. The van der Waals surface area contributed by atoms with Crippen LogP contribution in [0.5, 0.6) is 0 Å². The number of para-hydroxylation sites is 1. The van der Waals surface area contributed by atoms with Crippen LogP contribution < -0.4 is 5.32 Å². The summed E-state index contributed by atoms with van der Waals surface area (Å²) in [5.41, 5.74) is 0.471. The normalized spacial score (nSPS) is 30.6. The van der Waals surface area contributed by atoms with E-state index in [1.807, 2.05) is 24.3 Å². The van der Waals surface area contributed by atoms with Gasteiger partial charge in [-0.05, 0) is 62.5 Å². The molecule has 2 aliphatic rings. The van der Waals surface area contributed by atoms with E-state index in [0.29, 0.717) is 5.02 Å². The molecule has 3 rings (SSSR count). The third kappa shape index (κ3) is 2.72. The molecule has 1 aromatic carbocycles. The number of hydrogen-bond acceptors (Lipinski definition) is 2. The van der Waals surface area contributed by atoms with Crippen LogP contribution in [0.25, 0.3) is 0 Å². The minimum Gasteiger partial charge on any atom is -0.366 e. The van der Waals surface area contributed by atoms with Gasteiger partial charge in [-0.15, -0.1) is 0 Å². The van der Waals surface area contributed by atoms with Crippen LogP contribution in [0.4, 0.5) is 5.69 Å². The van der Waals surface area contributed by atoms with Gasteiger partial charge in [-0.25, -0.2) is 0 Å². The van der Waals surface area contributed by atoms with Gasteiger partial charge in [-0.1, -0.05) is 23.7 Å². The molecule has 0 spiro atoms. The maximum Gasteiger partial charge on any atom is 0.125 e. The third-order valence-corrected chi connectivity index (χ3v) is 4.87. The van der Waals surface area contributed by atoms with E-state index in [4.69, 9.17) is 11.6 Å². The van der Waals surface area contributed by atoms with Gasteiger partial charge in [0.1, 0.15) is 5.54 Å². The molecule has 0 amide bonds. The molecule has 100 valence electrons. The standard InChI is InChI=1S/C16H19ClN2/c17-14-5-1-2-6-15(14)19-16(11-18)9-3-4-13(10-16)12-7-8-12/h1-2,5-6,12-13,19H,3-4,7-10H2. The Kier molecular flexibility index (Phi) is 3.41. The fraction of sp³-hybridized carbons (Fsp3) is 0.562. The van der Waals surface area contributed by atoms with Crippen molar-refractivity contribution in [2.75, 3.05) is 5.32 Å². The number of nitrogens with one attached hydrogen (secondary N) is 1. The molecule has 2 atom stereocenters. The highest BCUT2D eigenvalue weighted by atomic mass is 35.5. The first-order valence-corrected chi connectivity index (χ1v) is 7.54. The highest BCUT2D eigenvalue weighted by molar-refractivity contribution is 6.33. The molecule has 2 aliphatic carbocycles. The van der Waals surface area contributed by atoms with Gasteiger partial charge in [-0.2, -0.15) is 5.26 Å². The Bertz CT molecular complexity index is 504. The van der Waals surface area contributed by atoms with Crippen molar-refractivity contribution in [1.82, 2.24) is 0 Å². The molecule has 0 aromatic heterocycles. The molecule has 0 saturated heterocycles. The maximum atomic E-state index is 9.66. The minimum atomic E-state index is -0.420. The average molecular weight is 275 g/mol. The predicted molar refractivity (Wildman–Crippen MR) is 78.1 cm³/mol. The van der Waals surface area contributed by atoms with Crippen molar-refractivity contribution < 1.29 is 0 Å². The van der Waals surface area contributed by atoms with Gasteiger partial charge < -0.3 is 5.32 Å². The van der Waals surface area contributed by atoms with Crippen molar-refractivity contribution in [3.63, 3.8) is 0 Å². The molecule has 0 aliphatic heterocycles. The van der Waals surface area contributed by atoms with Gasteiger partial charge >= 0.3 is 0 Å². The van der Waals surface area contributed by atoms with E-state index in [9.17, 15) is 5.26 Å². The van der Waals surface area contributed by atoms with Crippen LogP contribution >= 0.6 is 11.6 Å². The molecule has 0 heterocycles. The topological polar surface area (TPSA) is 35.8 Å². The summed E-state index contributed by atoms with van der Waals surface area (Å²) in [6, 6.07) is 10.2. The zero-order valence-corrected chi connectivity index (χ0v) is 11.8. The lowest BCUT2D eigenvalue weighted by Crippen LogP contribution is -2.42. The van der Waals surface area contributed by atoms with Crippen LogP contribution in [0, 0.1) is 23.2 Å². The van der Waals surface area contributed by atoms with E-state index in [2.05, 4.69) is 11.4 Å². The summed E-state index contributed by atoms with van der Waals surface area (Å²) in [7, 11) is 0. The Morgan fingerprint density at radius 3 is 2.68 bits per heavy atom. The number of anilines is 1. The van der Waals surface area contributed by atoms with Gasteiger partial charge in [-0.3, -0.25) is 0 Å². The minimum absolute atomic E-state index is 0.420. The number of nitrogens with zero attached hydrogens (tertiary/aromatic N) is 1. The zero-order chi connectivity index (χ0) is 13.3. The van der Waals surface area contributed by atoms with Crippen molar-refractivity contribution >= 4 is 17.3 Å². The smallest absolute Gasteiger partial charge is 0.125 e. The first-order valence-electron chi connectivity index (χ1n) is 7.16. The molecule has 3 heteroatoms. The van der Waals surface area contributed by atoms with E-state index in [1.165, 1.54) is 19.3 Å². The first kappa shape index (κ1) is 12.8. The second kappa shape index (κ2) is 5.06. The Hall–Kier alpha value is -1.20. The molecule has 0 radical (unpaired) electrons. The van der Waals surface area contributed by atoms with Gasteiger partial charge in [0, 0.05) is 0 Å². The number of benzene rings is 1. The maximum absolute atomic E-state index is 9.66. The van der Waals surface area contributed by atoms with Gasteiger partial charge in [0.25, 0.3) is 0 Å². The van der Waals surface area contributed by atoms with Crippen molar-refractivity contribution in [2.24, 2.45) is 11.8 Å². The molecule has 2 saturated carbocycles. The largest absolute Gasteiger partial charge is 0.366 e. The van der Waals surface area contributed by atoms with Crippen LogP contribution in [0.15, 0.2) is 24.3 Å². The summed E-state index contributed by atoms with van der Waals surface area (Å²) in [4.78, 5) is 0. The highest BCUT2D eigenvalue weighted by Gasteiger charge is 2.42. The van der Waals surface area contributed by atoms with E-state index < -0.39 is 5.54 Å². The Morgan fingerprint density at radius 2 is 2.00 bits per heavy atom. The Balaban J connectivity index is 1.79. The Morgan fingerprint density at radius 1 is 1.21 bits per heavy atom. The van der Waals surface area contributed by atoms with Crippen molar-refractivity contribution in [3.8, 4) is 6.07 Å². The van der Waals surface area contributed by atoms with E-state index in [1.54, 1.807) is 0 Å². The Labute approximate surface area is 119 Å². The monoisotopic (exact) mass is 274 g/mol. The average Bonchev–Trinajstić information content (AvgIpc) is 3.26. The predicted octanol–water partition coefficient (Wildman–Crippen LogP) is 4.61. The van der Waals surface area contributed by atoms with Crippen LogP contribution in [0.2, 0.25) is 5.02 Å². The number of hydrogen-bond donors (Lipinski definition) is 1. The van der Waals surface area contributed by atoms with Crippen LogP contribution in [-0.4, -0.2) is 5.54 Å². The van der Waals surface area contributed by atoms with Crippen LogP contribution in [-0.2, 0) is 0 Å². The summed E-state index contributed by atoms with van der Waals surface area (Å²) in [5.74, 6) is 1.60. The lowest BCUT2D eigenvalue weighted by Gasteiger charge is -2.37. The second-order valence-corrected chi connectivity index (χ2v) is 6.40. The SMILES string of the molecule is N#CC1(Nc2ccccc2Cl)CCCC(C2CC2)C1. The van der Waals surface area contributed by atoms with Gasteiger partial charge in [0.15, 0.2) is 0 Å². The summed E-state index contributed by atoms with van der Waals surface area (Å²) >= 11 is 6.20. The third-order valence-electron chi connectivity index (χ3n) is 4.54. The molecule has 2 unspecified atom stereocenters. The summed E-state index contributed by atoms with van der Waals surface area (Å²) < 4.78 is 0. The molecule has 2 nitrogen and oxygen atoms in total. The number of halogens is 1. The molecule has 0 bridgehead atoms. The highest BCUT2D eigenvalue weighted by Crippen LogP contribution is 2.47. The molecule has 1 aromatic rings. The summed E-state index contributed by atoms with van der Waals surface area (Å²) in [6.45, 7) is 0. The molecule has 2 fully saturated rings. The number of nitriles is 1. The van der Waals surface area contributed by atoms with Crippen LogP contribution in [0.3, 0.4) is 0 Å².